The van der Waals surface area contributed by atoms with Crippen LogP contribution in [0.4, 0.5) is 0 Å². The highest BCUT2D eigenvalue weighted by atomic mass is 16.5. The van der Waals surface area contributed by atoms with Crippen LogP contribution >= 0.6 is 0 Å². The number of rotatable bonds is 1. The van der Waals surface area contributed by atoms with Gasteiger partial charge in [0.25, 0.3) is 0 Å². The van der Waals surface area contributed by atoms with E-state index in [1.165, 1.54) is 5.56 Å². The van der Waals surface area contributed by atoms with Crippen molar-refractivity contribution >= 4 is 0 Å². The summed E-state index contributed by atoms with van der Waals surface area (Å²) in [6.07, 6.45) is 3.06. The number of benzene rings is 1. The Bertz CT molecular complexity index is 678. The van der Waals surface area contributed by atoms with Crippen molar-refractivity contribution in [3.63, 3.8) is 0 Å². The number of hydrogen-bond donors (Lipinski definition) is 1. The van der Waals surface area contributed by atoms with Crippen molar-refractivity contribution in [1.82, 2.24) is 4.90 Å². The molecule has 1 aromatic rings. The zero-order chi connectivity index (χ0) is 18.5. The fourth-order valence-corrected chi connectivity index (χ4v) is 5.39. The minimum Gasteiger partial charge on any atom is -0.504 e. The molecule has 3 aliphatic rings. The van der Waals surface area contributed by atoms with Gasteiger partial charge in [-0.2, -0.15) is 0 Å². The molecule has 2 bridgehead atoms. The lowest BCUT2D eigenvalue weighted by atomic mass is 9.56. The number of phenols is 1. The minimum atomic E-state index is -0.176. The zero-order valence-electron chi connectivity index (χ0n) is 16.3. The van der Waals surface area contributed by atoms with Gasteiger partial charge in [-0.3, -0.25) is 0 Å². The Labute approximate surface area is 156 Å². The quantitative estimate of drug-likeness (QED) is 0.834. The number of piperidine rings is 1. The van der Waals surface area contributed by atoms with E-state index in [1.807, 2.05) is 6.07 Å². The van der Waals surface area contributed by atoms with Crippen molar-refractivity contribution in [2.75, 3.05) is 33.9 Å². The monoisotopic (exact) mass is 361 g/mol. The number of nitrogens with zero attached hydrogens (tertiary/aromatic N) is 1. The number of likely N-dealkylation sites (tertiary alicyclic amines) is 1. The zero-order valence-corrected chi connectivity index (χ0v) is 16.3. The summed E-state index contributed by atoms with van der Waals surface area (Å²) in [7, 11) is 3.84. The van der Waals surface area contributed by atoms with Gasteiger partial charge in [-0.15, -0.1) is 0 Å². The summed E-state index contributed by atoms with van der Waals surface area (Å²) in [6, 6.07) is 4.48. The molecule has 0 spiro atoms. The standard InChI is InChI=1S/C21H31NO4/c1-13-14(2)26-12-21-8-9-22(3)17(16(21)7-10-25-13)11-15-5-6-18(24-4)20(23)19(15)21/h5-6,13-14,16-17,23H,7-12H2,1-4H3/t13?,14?,16?,17-,21+/m1/s1. The van der Waals surface area contributed by atoms with Gasteiger partial charge in [-0.05, 0) is 64.3 Å². The van der Waals surface area contributed by atoms with Crippen LogP contribution in [0.1, 0.15) is 37.8 Å². The second-order valence-electron chi connectivity index (χ2n) is 8.30. The van der Waals surface area contributed by atoms with Crippen molar-refractivity contribution in [3.8, 4) is 11.5 Å². The van der Waals surface area contributed by atoms with Crippen LogP contribution in [-0.4, -0.2) is 62.2 Å². The second kappa shape index (κ2) is 6.70. The first kappa shape index (κ1) is 18.1. The Hall–Kier alpha value is -1.30. The summed E-state index contributed by atoms with van der Waals surface area (Å²) < 4.78 is 17.8. The normalized spacial score (nSPS) is 37.7. The number of likely N-dealkylation sites (N-methyl/N-ethyl adjacent to an activating group) is 1. The van der Waals surface area contributed by atoms with Crippen LogP contribution in [0.15, 0.2) is 12.1 Å². The first-order valence-electron chi connectivity index (χ1n) is 9.80. The van der Waals surface area contributed by atoms with Gasteiger partial charge in [0.2, 0.25) is 0 Å². The maximum Gasteiger partial charge on any atom is 0.161 e. The minimum absolute atomic E-state index is 0.0411. The Morgan fingerprint density at radius 3 is 2.77 bits per heavy atom. The molecular weight excluding hydrogens is 330 g/mol. The molecule has 3 unspecified atom stereocenters. The van der Waals surface area contributed by atoms with Gasteiger partial charge >= 0.3 is 0 Å². The predicted octanol–water partition coefficient (Wildman–Crippen LogP) is 2.73. The summed E-state index contributed by atoms with van der Waals surface area (Å²) in [5.41, 5.74) is 2.12. The highest BCUT2D eigenvalue weighted by Gasteiger charge is 2.54. The van der Waals surface area contributed by atoms with Gasteiger partial charge < -0.3 is 24.2 Å². The molecule has 0 radical (unpaired) electrons. The Kier molecular flexibility index (Phi) is 4.66. The third kappa shape index (κ3) is 2.63. The lowest BCUT2D eigenvalue weighted by Gasteiger charge is -2.56. The molecule has 5 nitrogen and oxygen atoms in total. The van der Waals surface area contributed by atoms with Gasteiger partial charge in [0.15, 0.2) is 11.5 Å². The topological polar surface area (TPSA) is 51.2 Å². The van der Waals surface area contributed by atoms with Crippen molar-refractivity contribution in [2.24, 2.45) is 5.92 Å². The highest BCUT2D eigenvalue weighted by Crippen LogP contribution is 2.55. The first-order chi connectivity index (χ1) is 12.5. The Morgan fingerprint density at radius 1 is 1.23 bits per heavy atom. The van der Waals surface area contributed by atoms with Crippen molar-refractivity contribution in [1.29, 1.82) is 0 Å². The number of ether oxygens (including phenoxy) is 3. The molecule has 1 aromatic carbocycles. The average molecular weight is 361 g/mol. The summed E-state index contributed by atoms with van der Waals surface area (Å²) in [4.78, 5) is 2.48. The largest absolute Gasteiger partial charge is 0.504 e. The Balaban J connectivity index is 1.87. The molecule has 5 heteroatoms. The van der Waals surface area contributed by atoms with Gasteiger partial charge in [-0.1, -0.05) is 6.07 Å². The maximum absolute atomic E-state index is 11.1. The summed E-state index contributed by atoms with van der Waals surface area (Å²) in [5, 5.41) is 11.1. The van der Waals surface area contributed by atoms with E-state index in [4.69, 9.17) is 14.2 Å². The molecule has 1 aliphatic carbocycles. The van der Waals surface area contributed by atoms with E-state index in [-0.39, 0.29) is 17.6 Å². The van der Waals surface area contributed by atoms with E-state index in [1.54, 1.807) is 7.11 Å². The second-order valence-corrected chi connectivity index (χ2v) is 8.30. The van der Waals surface area contributed by atoms with E-state index >= 15 is 0 Å². The third-order valence-corrected chi connectivity index (χ3v) is 7.10. The summed E-state index contributed by atoms with van der Waals surface area (Å²) in [6.45, 7) is 6.56. The van der Waals surface area contributed by atoms with Crippen LogP contribution in [-0.2, 0) is 21.3 Å². The van der Waals surface area contributed by atoms with Crippen LogP contribution in [0.25, 0.3) is 0 Å². The number of fused-ring (bicyclic) bond motifs is 1. The van der Waals surface area contributed by atoms with Gasteiger partial charge in [0.1, 0.15) is 0 Å². The van der Waals surface area contributed by atoms with Crippen molar-refractivity contribution in [2.45, 2.75) is 56.8 Å². The van der Waals surface area contributed by atoms with Gasteiger partial charge in [-0.25, -0.2) is 0 Å². The lowest BCUT2D eigenvalue weighted by Crippen LogP contribution is -2.60. The van der Waals surface area contributed by atoms with Crippen LogP contribution in [0, 0.1) is 5.92 Å². The van der Waals surface area contributed by atoms with Crippen molar-refractivity contribution < 1.29 is 19.3 Å². The fourth-order valence-electron chi connectivity index (χ4n) is 5.39. The van der Waals surface area contributed by atoms with E-state index in [9.17, 15) is 5.11 Å². The van der Waals surface area contributed by atoms with Crippen LogP contribution in [0.3, 0.4) is 0 Å². The number of methoxy groups -OCH3 is 1. The summed E-state index contributed by atoms with van der Waals surface area (Å²) >= 11 is 0. The molecule has 5 atom stereocenters. The highest BCUT2D eigenvalue weighted by molar-refractivity contribution is 5.56. The molecule has 2 fully saturated rings. The van der Waals surface area contributed by atoms with Crippen molar-refractivity contribution in [3.05, 3.63) is 23.3 Å². The molecule has 0 aromatic heterocycles. The maximum atomic E-state index is 11.1. The molecular formula is C21H31NO4. The fraction of sp³-hybridized carbons (Fsp3) is 0.714. The summed E-state index contributed by atoms with van der Waals surface area (Å²) in [5.74, 6) is 1.28. The van der Waals surface area contributed by atoms with Gasteiger partial charge in [0, 0.05) is 23.6 Å². The van der Waals surface area contributed by atoms with E-state index in [2.05, 4.69) is 31.9 Å². The van der Waals surface area contributed by atoms with Crippen LogP contribution in [0.2, 0.25) is 0 Å². The number of aromatic hydroxyl groups is 1. The van der Waals surface area contributed by atoms with Crippen LogP contribution in [0.5, 0.6) is 11.5 Å². The molecule has 2 heterocycles. The number of phenolic OH excluding ortho intramolecular Hbond substituents is 1. The van der Waals surface area contributed by atoms with Crippen LogP contribution < -0.4 is 4.74 Å². The predicted molar refractivity (Wildman–Crippen MR) is 100 cm³/mol. The van der Waals surface area contributed by atoms with Gasteiger partial charge in [0.05, 0.1) is 25.9 Å². The molecule has 26 heavy (non-hydrogen) atoms. The van der Waals surface area contributed by atoms with E-state index < -0.39 is 0 Å². The number of hydrogen-bond acceptors (Lipinski definition) is 5. The average Bonchev–Trinajstić information content (AvgIpc) is 2.69. The third-order valence-electron chi connectivity index (χ3n) is 7.10. The smallest absolute Gasteiger partial charge is 0.161 e. The lowest BCUT2D eigenvalue weighted by molar-refractivity contribution is -0.0699. The first-order valence-corrected chi connectivity index (χ1v) is 9.80. The molecule has 1 N–H and O–H groups in total. The Morgan fingerprint density at radius 2 is 2.00 bits per heavy atom. The molecule has 2 saturated heterocycles. The molecule has 2 aliphatic heterocycles. The molecule has 144 valence electrons. The molecule has 0 saturated carbocycles. The van der Waals surface area contributed by atoms with E-state index in [0.717, 1.165) is 38.0 Å². The SMILES string of the molecule is COc1ccc2c(c1O)[C@]13CCN(C)[C@H](C2)C1CCOC(C)C(C)OC3. The molecule has 0 amide bonds. The molecule has 4 rings (SSSR count). The van der Waals surface area contributed by atoms with E-state index in [0.29, 0.717) is 30.1 Å².